The molecule has 3 aromatic rings. The van der Waals surface area contributed by atoms with Crippen LogP contribution in [-0.4, -0.2) is 33.8 Å². The van der Waals surface area contributed by atoms with Gasteiger partial charge in [0.1, 0.15) is 13.3 Å². The predicted molar refractivity (Wildman–Crippen MR) is 121 cm³/mol. The molecule has 2 aliphatic heterocycles. The summed E-state index contributed by atoms with van der Waals surface area (Å²) in [5.74, 6) is -0.363. The fourth-order valence-electron chi connectivity index (χ4n) is 4.46. The van der Waals surface area contributed by atoms with Gasteiger partial charge >= 0.3 is 0 Å². The number of carbonyl (C=O) groups is 1. The van der Waals surface area contributed by atoms with Crippen LogP contribution >= 0.6 is 11.8 Å². The van der Waals surface area contributed by atoms with Crippen molar-refractivity contribution in [3.8, 4) is 5.75 Å². The Bertz CT molecular complexity index is 1230. The van der Waals surface area contributed by atoms with E-state index in [4.69, 9.17) is 0 Å². The van der Waals surface area contributed by atoms with Crippen molar-refractivity contribution < 1.29 is 14.3 Å². The highest BCUT2D eigenvalue weighted by molar-refractivity contribution is 7.98. The monoisotopic (exact) mass is 451 g/mol. The van der Waals surface area contributed by atoms with Gasteiger partial charge in [0.05, 0.1) is 11.6 Å². The molecule has 1 N–H and O–H groups in total. The highest BCUT2D eigenvalue weighted by atomic mass is 32.2. The lowest BCUT2D eigenvalue weighted by atomic mass is 9.94. The number of fused-ring (bicyclic) bond motifs is 3. The minimum atomic E-state index is -1.03. The van der Waals surface area contributed by atoms with Gasteiger partial charge in [-0.2, -0.15) is 0 Å². The van der Waals surface area contributed by atoms with Gasteiger partial charge in [0.25, 0.3) is 5.91 Å². The molecule has 32 heavy (non-hydrogen) atoms. The summed E-state index contributed by atoms with van der Waals surface area (Å²) in [4.78, 5) is 28.2. The molecule has 0 saturated heterocycles. The standard InChI is InChI=1S/C24H22FN3O3S/c1-2-26-14-28(27-12-16(11-25)22(29)23(30)21(27)24(26)31)20-17-8-4-3-7-15(17)13-32-19-10-6-5-9-18(19)20/h3-10,12,20,30H,2,11,13-14H2,1H3. The van der Waals surface area contributed by atoms with Crippen LogP contribution in [0, 0.1) is 0 Å². The molecular weight excluding hydrogens is 429 g/mol. The molecule has 2 aliphatic rings. The van der Waals surface area contributed by atoms with Crippen molar-refractivity contribution in [2.45, 2.75) is 30.3 Å². The number of aromatic nitrogens is 1. The molecule has 1 amide bonds. The van der Waals surface area contributed by atoms with E-state index in [0.717, 1.165) is 27.3 Å². The van der Waals surface area contributed by atoms with Crippen LogP contribution in [0.25, 0.3) is 0 Å². The first-order valence-corrected chi connectivity index (χ1v) is 11.4. The van der Waals surface area contributed by atoms with Gasteiger partial charge in [0.2, 0.25) is 5.43 Å². The van der Waals surface area contributed by atoms with Crippen molar-refractivity contribution in [2.24, 2.45) is 0 Å². The molecule has 1 atom stereocenters. The quantitative estimate of drug-likeness (QED) is 0.657. The first-order chi connectivity index (χ1) is 15.5. The van der Waals surface area contributed by atoms with Crippen molar-refractivity contribution in [2.75, 3.05) is 18.2 Å². The third-order valence-electron chi connectivity index (χ3n) is 6.09. The van der Waals surface area contributed by atoms with E-state index in [1.54, 1.807) is 16.7 Å². The second kappa shape index (κ2) is 8.02. The maximum Gasteiger partial charge on any atom is 0.277 e. The van der Waals surface area contributed by atoms with E-state index in [9.17, 15) is 19.1 Å². The number of alkyl halides is 1. The zero-order valence-electron chi connectivity index (χ0n) is 17.5. The van der Waals surface area contributed by atoms with Gasteiger partial charge in [-0.3, -0.25) is 19.3 Å². The largest absolute Gasteiger partial charge is 0.502 e. The van der Waals surface area contributed by atoms with Gasteiger partial charge in [-0.1, -0.05) is 42.5 Å². The maximum atomic E-state index is 13.6. The van der Waals surface area contributed by atoms with E-state index in [0.29, 0.717) is 6.54 Å². The Hall–Kier alpha value is -3.26. The van der Waals surface area contributed by atoms with Gasteiger partial charge in [-0.15, -0.1) is 11.8 Å². The molecule has 2 aromatic carbocycles. The predicted octanol–water partition coefficient (Wildman–Crippen LogP) is 3.79. The van der Waals surface area contributed by atoms with Crippen LogP contribution in [0.3, 0.4) is 0 Å². The van der Waals surface area contributed by atoms with Gasteiger partial charge in [-0.05, 0) is 29.7 Å². The number of nitrogens with zero attached hydrogens (tertiary/aromatic N) is 3. The number of benzene rings is 2. The number of rotatable bonds is 3. The lowest BCUT2D eigenvalue weighted by Gasteiger charge is -2.44. The van der Waals surface area contributed by atoms with Crippen LogP contribution in [0.2, 0.25) is 0 Å². The summed E-state index contributed by atoms with van der Waals surface area (Å²) in [5.41, 5.74) is 2.13. The smallest absolute Gasteiger partial charge is 0.277 e. The molecule has 1 aromatic heterocycles. The zero-order chi connectivity index (χ0) is 22.4. The first kappa shape index (κ1) is 20.6. The molecule has 0 bridgehead atoms. The molecule has 1 unspecified atom stereocenters. The Balaban J connectivity index is 1.81. The molecule has 164 valence electrons. The molecule has 0 aliphatic carbocycles. The van der Waals surface area contributed by atoms with Crippen LogP contribution in [0.15, 0.2) is 64.4 Å². The lowest BCUT2D eigenvalue weighted by Crippen LogP contribution is -2.55. The second-order valence-corrected chi connectivity index (χ2v) is 8.85. The summed E-state index contributed by atoms with van der Waals surface area (Å²) >= 11 is 1.75. The van der Waals surface area contributed by atoms with Crippen molar-refractivity contribution in [1.29, 1.82) is 0 Å². The molecule has 0 saturated carbocycles. The Morgan fingerprint density at radius 2 is 1.81 bits per heavy atom. The Labute approximate surface area is 188 Å². The maximum absolute atomic E-state index is 13.6. The SMILES string of the molecule is CCN1CN(C2c3ccccc3CSc3ccccc32)n2cc(CF)c(=O)c(O)c2C1=O. The lowest BCUT2D eigenvalue weighted by molar-refractivity contribution is 0.0689. The van der Waals surface area contributed by atoms with E-state index in [1.165, 1.54) is 10.9 Å². The number of carbonyl (C=O) groups excluding carboxylic acids is 1. The topological polar surface area (TPSA) is 65.8 Å². The van der Waals surface area contributed by atoms with Crippen molar-refractivity contribution >= 4 is 17.7 Å². The number of hydrogen-bond acceptors (Lipinski definition) is 5. The Morgan fingerprint density at radius 3 is 2.56 bits per heavy atom. The minimum absolute atomic E-state index is 0.132. The molecule has 3 heterocycles. The fraction of sp³-hybridized carbons (Fsp3) is 0.250. The summed E-state index contributed by atoms with van der Waals surface area (Å²) in [6, 6.07) is 15.9. The molecule has 0 fully saturated rings. The number of halogens is 1. The van der Waals surface area contributed by atoms with E-state index >= 15 is 0 Å². The molecule has 0 spiro atoms. The molecule has 8 heteroatoms. The van der Waals surface area contributed by atoms with Crippen molar-refractivity contribution in [1.82, 2.24) is 9.58 Å². The van der Waals surface area contributed by atoms with Crippen LogP contribution in [0.5, 0.6) is 5.75 Å². The van der Waals surface area contributed by atoms with E-state index in [1.807, 2.05) is 36.2 Å². The average molecular weight is 452 g/mol. The number of hydrogen-bond donors (Lipinski definition) is 1. The number of amides is 1. The zero-order valence-corrected chi connectivity index (χ0v) is 18.3. The van der Waals surface area contributed by atoms with E-state index in [-0.39, 0.29) is 24.0 Å². The minimum Gasteiger partial charge on any atom is -0.502 e. The summed E-state index contributed by atoms with van der Waals surface area (Å²) in [6.45, 7) is 1.45. The van der Waals surface area contributed by atoms with Gasteiger partial charge in [0.15, 0.2) is 11.4 Å². The first-order valence-electron chi connectivity index (χ1n) is 10.4. The summed E-state index contributed by atoms with van der Waals surface area (Å²) < 4.78 is 15.1. The van der Waals surface area contributed by atoms with Crippen molar-refractivity contribution in [3.05, 3.63) is 92.9 Å². The molecular formula is C24H22FN3O3S. The molecule has 5 rings (SSSR count). The van der Waals surface area contributed by atoms with Crippen LogP contribution in [0.4, 0.5) is 4.39 Å². The van der Waals surface area contributed by atoms with Crippen LogP contribution in [0.1, 0.15) is 45.7 Å². The third-order valence-corrected chi connectivity index (χ3v) is 7.23. The van der Waals surface area contributed by atoms with Crippen LogP contribution in [-0.2, 0) is 12.4 Å². The normalized spacial score (nSPS) is 17.4. The Kier molecular flexibility index (Phi) is 5.17. The van der Waals surface area contributed by atoms with Gasteiger partial charge in [0, 0.05) is 23.4 Å². The number of pyridine rings is 1. The van der Waals surface area contributed by atoms with Gasteiger partial charge < -0.3 is 10.0 Å². The highest BCUT2D eigenvalue weighted by Crippen LogP contribution is 2.42. The number of aromatic hydroxyl groups is 1. The number of thioether (sulfide) groups is 1. The molecule has 0 radical (unpaired) electrons. The van der Waals surface area contributed by atoms with Crippen LogP contribution < -0.4 is 10.4 Å². The Morgan fingerprint density at radius 1 is 1.09 bits per heavy atom. The van der Waals surface area contributed by atoms with Crippen molar-refractivity contribution in [3.63, 3.8) is 0 Å². The summed E-state index contributed by atoms with van der Waals surface area (Å²) in [5, 5.41) is 12.6. The summed E-state index contributed by atoms with van der Waals surface area (Å²) in [6.07, 6.45) is 1.35. The second-order valence-electron chi connectivity index (χ2n) is 7.83. The molecule has 6 nitrogen and oxygen atoms in total. The van der Waals surface area contributed by atoms with E-state index < -0.39 is 23.8 Å². The van der Waals surface area contributed by atoms with E-state index in [2.05, 4.69) is 24.3 Å². The summed E-state index contributed by atoms with van der Waals surface area (Å²) in [7, 11) is 0. The van der Waals surface area contributed by atoms with Gasteiger partial charge in [-0.25, -0.2) is 4.39 Å². The third kappa shape index (κ3) is 3.09. The fourth-order valence-corrected chi connectivity index (χ4v) is 5.55. The average Bonchev–Trinajstić information content (AvgIpc) is 2.98. The highest BCUT2D eigenvalue weighted by Gasteiger charge is 2.38.